The van der Waals surface area contributed by atoms with E-state index in [9.17, 15) is 24.3 Å². The van der Waals surface area contributed by atoms with E-state index >= 15 is 0 Å². The van der Waals surface area contributed by atoms with Gasteiger partial charge in [-0.1, -0.05) is 41.9 Å². The molecule has 1 spiro atoms. The van der Waals surface area contributed by atoms with Crippen molar-refractivity contribution in [2.75, 3.05) is 11.4 Å². The summed E-state index contributed by atoms with van der Waals surface area (Å²) >= 11 is 6.08. The average Bonchev–Trinajstić information content (AvgIpc) is 3.03. The average molecular weight is 399 g/mol. The Morgan fingerprint density at radius 1 is 1.04 bits per heavy atom. The van der Waals surface area contributed by atoms with Crippen LogP contribution in [0.4, 0.5) is 5.69 Å². The molecule has 0 radical (unpaired) electrons. The van der Waals surface area contributed by atoms with E-state index in [2.05, 4.69) is 0 Å². The summed E-state index contributed by atoms with van der Waals surface area (Å²) < 4.78 is 0. The first-order valence-electron chi connectivity index (χ1n) is 8.57. The maximum Gasteiger partial charge on any atom is 0.323 e. The van der Waals surface area contributed by atoms with Crippen LogP contribution in [0.5, 0.6) is 0 Å². The molecule has 1 unspecified atom stereocenters. The summed E-state index contributed by atoms with van der Waals surface area (Å²) in [5.41, 5.74) is -0.443. The van der Waals surface area contributed by atoms with E-state index < -0.39 is 35.7 Å². The normalized spacial score (nSPS) is 21.0. The van der Waals surface area contributed by atoms with Crippen LogP contribution in [0.3, 0.4) is 0 Å². The van der Waals surface area contributed by atoms with Crippen molar-refractivity contribution in [2.24, 2.45) is 0 Å². The number of nitrogens with zero attached hydrogens (tertiary/aromatic N) is 2. The number of carboxylic acids is 1. The highest BCUT2D eigenvalue weighted by Crippen LogP contribution is 2.49. The number of halogens is 1. The number of carbonyl (C=O) groups excluding carboxylic acids is 3. The quantitative estimate of drug-likeness (QED) is 0.627. The zero-order valence-electron chi connectivity index (χ0n) is 14.6. The van der Waals surface area contributed by atoms with Crippen LogP contribution in [-0.4, -0.2) is 40.2 Å². The van der Waals surface area contributed by atoms with Gasteiger partial charge in [-0.3, -0.25) is 29.0 Å². The van der Waals surface area contributed by atoms with Crippen molar-refractivity contribution in [2.45, 2.75) is 18.4 Å². The third-order valence-electron chi connectivity index (χ3n) is 5.12. The lowest BCUT2D eigenvalue weighted by Crippen LogP contribution is -2.47. The van der Waals surface area contributed by atoms with Gasteiger partial charge in [-0.05, 0) is 23.8 Å². The molecule has 2 aliphatic heterocycles. The molecule has 0 bridgehead atoms. The van der Waals surface area contributed by atoms with Crippen LogP contribution in [0.15, 0.2) is 48.5 Å². The van der Waals surface area contributed by atoms with E-state index in [0.717, 1.165) is 15.4 Å². The minimum absolute atomic E-state index is 0.0440. The van der Waals surface area contributed by atoms with E-state index in [1.165, 1.54) is 18.2 Å². The number of hydrogen-bond donors (Lipinski definition) is 1. The Kier molecular flexibility index (Phi) is 4.19. The molecule has 3 amide bonds. The summed E-state index contributed by atoms with van der Waals surface area (Å²) in [5, 5.41) is 9.48. The lowest BCUT2D eigenvalue weighted by Gasteiger charge is -2.22. The van der Waals surface area contributed by atoms with E-state index in [1.54, 1.807) is 24.3 Å². The number of aliphatic carboxylic acids is 1. The van der Waals surface area contributed by atoms with Gasteiger partial charge in [0.15, 0.2) is 5.41 Å². The molecule has 2 aromatic carbocycles. The molecule has 1 N–H and O–H groups in total. The lowest BCUT2D eigenvalue weighted by atomic mass is 9.80. The van der Waals surface area contributed by atoms with E-state index in [4.69, 9.17) is 11.6 Å². The second-order valence-electron chi connectivity index (χ2n) is 6.80. The zero-order chi connectivity index (χ0) is 20.1. The Hall–Kier alpha value is -3.19. The van der Waals surface area contributed by atoms with Crippen LogP contribution in [0.2, 0.25) is 5.02 Å². The molecule has 2 aliphatic rings. The van der Waals surface area contributed by atoms with Crippen LogP contribution < -0.4 is 4.90 Å². The van der Waals surface area contributed by atoms with Gasteiger partial charge in [0.05, 0.1) is 13.0 Å². The number of imide groups is 1. The number of anilines is 1. The Morgan fingerprint density at radius 3 is 2.39 bits per heavy atom. The van der Waals surface area contributed by atoms with Gasteiger partial charge >= 0.3 is 5.97 Å². The summed E-state index contributed by atoms with van der Waals surface area (Å²) in [6, 6.07) is 13.5. The summed E-state index contributed by atoms with van der Waals surface area (Å²) in [4.78, 5) is 52.6. The molecule has 1 atom stereocenters. The maximum absolute atomic E-state index is 13.3. The summed E-state index contributed by atoms with van der Waals surface area (Å²) in [6.07, 6.45) is -0.346. The molecule has 0 aliphatic carbocycles. The fraction of sp³-hybridized carbons (Fsp3) is 0.200. The zero-order valence-corrected chi connectivity index (χ0v) is 15.3. The van der Waals surface area contributed by atoms with Crippen LogP contribution in [0.25, 0.3) is 0 Å². The fourth-order valence-electron chi connectivity index (χ4n) is 3.88. The first-order chi connectivity index (χ1) is 13.3. The van der Waals surface area contributed by atoms with Crippen molar-refractivity contribution in [3.05, 3.63) is 64.7 Å². The van der Waals surface area contributed by atoms with E-state index in [-0.39, 0.29) is 18.5 Å². The predicted octanol–water partition coefficient (Wildman–Crippen LogP) is 1.97. The topological polar surface area (TPSA) is 95.0 Å². The number of carbonyl (C=O) groups is 4. The molecule has 1 saturated heterocycles. The minimum atomic E-state index is -1.76. The highest BCUT2D eigenvalue weighted by molar-refractivity contribution is 6.32. The van der Waals surface area contributed by atoms with Gasteiger partial charge in [0.25, 0.3) is 0 Å². The molecule has 0 aromatic heterocycles. The van der Waals surface area contributed by atoms with Crippen LogP contribution in [0.1, 0.15) is 17.5 Å². The molecule has 0 saturated carbocycles. The van der Waals surface area contributed by atoms with Crippen LogP contribution in [-0.2, 0) is 31.1 Å². The van der Waals surface area contributed by atoms with Gasteiger partial charge in [0, 0.05) is 16.3 Å². The SMILES string of the molecule is O=C(O)CN1C(=O)C2(CC(=O)N(Cc3ccccc3)C2=O)c2cc(Cl)ccc21. The first-order valence-corrected chi connectivity index (χ1v) is 8.95. The number of likely N-dealkylation sites (tertiary alicyclic amines) is 1. The molecule has 8 heteroatoms. The highest BCUT2D eigenvalue weighted by Gasteiger charge is 2.63. The van der Waals surface area contributed by atoms with Gasteiger partial charge in [0.1, 0.15) is 6.54 Å². The maximum atomic E-state index is 13.3. The van der Waals surface area contributed by atoms with Gasteiger partial charge in [-0.2, -0.15) is 0 Å². The summed E-state index contributed by atoms with van der Waals surface area (Å²) in [5.74, 6) is -3.06. The smallest absolute Gasteiger partial charge is 0.323 e. The third-order valence-corrected chi connectivity index (χ3v) is 5.36. The molecule has 7 nitrogen and oxygen atoms in total. The van der Waals surface area contributed by atoms with Gasteiger partial charge in [-0.25, -0.2) is 0 Å². The molecule has 28 heavy (non-hydrogen) atoms. The van der Waals surface area contributed by atoms with Crippen molar-refractivity contribution in [1.82, 2.24) is 4.90 Å². The standard InChI is InChI=1S/C20H15ClN2O5/c21-13-6-7-15-14(8-13)20(18(27)22(15)11-17(25)26)9-16(24)23(19(20)28)10-12-4-2-1-3-5-12/h1-8H,9-11H2,(H,25,26). The highest BCUT2D eigenvalue weighted by atomic mass is 35.5. The van der Waals surface area contributed by atoms with Crippen molar-refractivity contribution >= 4 is 41.0 Å². The monoisotopic (exact) mass is 398 g/mol. The van der Waals surface area contributed by atoms with Crippen LogP contribution >= 0.6 is 11.6 Å². The Balaban J connectivity index is 1.79. The lowest BCUT2D eigenvalue weighted by molar-refractivity contribution is -0.143. The predicted molar refractivity (Wildman–Crippen MR) is 99.7 cm³/mol. The molecule has 2 aromatic rings. The van der Waals surface area contributed by atoms with Crippen molar-refractivity contribution in [1.29, 1.82) is 0 Å². The van der Waals surface area contributed by atoms with Gasteiger partial charge in [0.2, 0.25) is 17.7 Å². The number of hydrogen-bond acceptors (Lipinski definition) is 4. The van der Waals surface area contributed by atoms with Crippen LogP contribution in [0, 0.1) is 0 Å². The number of amides is 3. The van der Waals surface area contributed by atoms with Crippen molar-refractivity contribution < 1.29 is 24.3 Å². The molecule has 1 fully saturated rings. The third kappa shape index (κ3) is 2.58. The Labute approximate surface area is 165 Å². The van der Waals surface area contributed by atoms with Gasteiger partial charge < -0.3 is 5.11 Å². The van der Waals surface area contributed by atoms with Crippen molar-refractivity contribution in [3.63, 3.8) is 0 Å². The molecule has 2 heterocycles. The molecular formula is C20H15ClN2O5. The first kappa shape index (κ1) is 18.2. The van der Waals surface area contributed by atoms with E-state index in [0.29, 0.717) is 10.7 Å². The number of benzene rings is 2. The largest absolute Gasteiger partial charge is 0.480 e. The minimum Gasteiger partial charge on any atom is -0.480 e. The number of carboxylic acid groups (broad SMARTS) is 1. The second kappa shape index (κ2) is 6.45. The molecule has 142 valence electrons. The van der Waals surface area contributed by atoms with E-state index in [1.807, 2.05) is 6.07 Å². The molecular weight excluding hydrogens is 384 g/mol. The summed E-state index contributed by atoms with van der Waals surface area (Å²) in [6.45, 7) is -0.558. The second-order valence-corrected chi connectivity index (χ2v) is 7.24. The number of rotatable bonds is 4. The fourth-order valence-corrected chi connectivity index (χ4v) is 4.05. The van der Waals surface area contributed by atoms with Gasteiger partial charge in [-0.15, -0.1) is 0 Å². The summed E-state index contributed by atoms with van der Waals surface area (Å²) in [7, 11) is 0. The molecule has 4 rings (SSSR count). The Morgan fingerprint density at radius 2 is 1.71 bits per heavy atom. The Bertz CT molecular complexity index is 1020. The number of fused-ring (bicyclic) bond motifs is 2. The van der Waals surface area contributed by atoms with Crippen molar-refractivity contribution in [3.8, 4) is 0 Å².